The number of hydrogen-bond acceptors (Lipinski definition) is 2. The van der Waals surface area contributed by atoms with Crippen LogP contribution < -0.4 is 4.74 Å². The minimum Gasteiger partial charge on any atom is -0.489 e. The van der Waals surface area contributed by atoms with Gasteiger partial charge >= 0.3 is 0 Å². The van der Waals surface area contributed by atoms with Crippen molar-refractivity contribution in [1.29, 1.82) is 0 Å². The van der Waals surface area contributed by atoms with Crippen molar-refractivity contribution in [3.63, 3.8) is 0 Å². The van der Waals surface area contributed by atoms with Crippen LogP contribution in [0.15, 0.2) is 78.9 Å². The molecular weight excluding hydrogens is 322 g/mol. The molecule has 0 aliphatic carbocycles. The molecule has 26 heavy (non-hydrogen) atoms. The number of carbonyl (C=O) groups excluding carboxylic acids is 1. The summed E-state index contributed by atoms with van der Waals surface area (Å²) < 4.78 is 7.97. The maximum atomic E-state index is 11.5. The lowest BCUT2D eigenvalue weighted by Gasteiger charge is -2.11. The molecule has 4 aromatic rings. The maximum absolute atomic E-state index is 11.5. The summed E-state index contributed by atoms with van der Waals surface area (Å²) in [5.74, 6) is 0.822. The minimum absolute atomic E-state index is 0.543. The molecule has 1 aromatic heterocycles. The van der Waals surface area contributed by atoms with Gasteiger partial charge in [0.25, 0.3) is 0 Å². The third-order valence-electron chi connectivity index (χ3n) is 4.62. The molecule has 128 valence electrons. The molecule has 0 saturated carbocycles. The molecule has 0 bridgehead atoms. The quantitative estimate of drug-likeness (QED) is 0.459. The van der Waals surface area contributed by atoms with Crippen molar-refractivity contribution in [1.82, 2.24) is 4.57 Å². The van der Waals surface area contributed by atoms with Crippen molar-refractivity contribution in [2.24, 2.45) is 0 Å². The summed E-state index contributed by atoms with van der Waals surface area (Å²) in [6.07, 6.45) is 0.936. The Balaban J connectivity index is 1.64. The van der Waals surface area contributed by atoms with Crippen molar-refractivity contribution < 1.29 is 9.53 Å². The smallest absolute Gasteiger partial charge is 0.152 e. The van der Waals surface area contributed by atoms with E-state index in [2.05, 4.69) is 4.57 Å². The van der Waals surface area contributed by atoms with E-state index in [0.717, 1.165) is 45.4 Å². The Morgan fingerprint density at radius 2 is 1.58 bits per heavy atom. The first-order chi connectivity index (χ1) is 12.8. The van der Waals surface area contributed by atoms with Crippen molar-refractivity contribution >= 4 is 17.2 Å². The van der Waals surface area contributed by atoms with Gasteiger partial charge in [-0.25, -0.2) is 0 Å². The molecule has 4 rings (SSSR count). The van der Waals surface area contributed by atoms with Gasteiger partial charge in [-0.2, -0.15) is 0 Å². The third-order valence-corrected chi connectivity index (χ3v) is 4.62. The molecular formula is C23H19NO2. The fourth-order valence-electron chi connectivity index (χ4n) is 3.31. The Morgan fingerprint density at radius 3 is 2.31 bits per heavy atom. The van der Waals surface area contributed by atoms with E-state index in [9.17, 15) is 4.79 Å². The van der Waals surface area contributed by atoms with Gasteiger partial charge in [0.1, 0.15) is 12.4 Å². The first-order valence-electron chi connectivity index (χ1n) is 8.60. The average Bonchev–Trinajstić information content (AvgIpc) is 2.99. The maximum Gasteiger partial charge on any atom is 0.152 e. The van der Waals surface area contributed by atoms with Crippen LogP contribution in [-0.2, 0) is 6.61 Å². The van der Waals surface area contributed by atoms with Crippen LogP contribution in [0.25, 0.3) is 16.6 Å². The highest BCUT2D eigenvalue weighted by Gasteiger charge is 2.14. The number of aromatic nitrogens is 1. The summed E-state index contributed by atoms with van der Waals surface area (Å²) in [4.78, 5) is 11.5. The Labute approximate surface area is 152 Å². The van der Waals surface area contributed by atoms with E-state index >= 15 is 0 Å². The van der Waals surface area contributed by atoms with E-state index in [-0.39, 0.29) is 0 Å². The zero-order valence-electron chi connectivity index (χ0n) is 14.6. The van der Waals surface area contributed by atoms with Gasteiger partial charge in [0.05, 0.1) is 5.52 Å². The summed E-state index contributed by atoms with van der Waals surface area (Å²) in [5.41, 5.74) is 4.87. The SMILES string of the molecule is Cc1c(C=O)c2ccccc2n1-c1ccc(OCc2ccccc2)cc1. The number of aldehydes is 1. The lowest BCUT2D eigenvalue weighted by atomic mass is 10.1. The highest BCUT2D eigenvalue weighted by molar-refractivity contribution is 6.00. The van der Waals surface area contributed by atoms with E-state index in [1.165, 1.54) is 0 Å². The largest absolute Gasteiger partial charge is 0.489 e. The summed E-state index contributed by atoms with van der Waals surface area (Å²) in [5, 5.41) is 0.976. The number of fused-ring (bicyclic) bond motifs is 1. The van der Waals surface area contributed by atoms with Crippen LogP contribution >= 0.6 is 0 Å². The number of carbonyl (C=O) groups is 1. The number of benzene rings is 3. The van der Waals surface area contributed by atoms with Crippen molar-refractivity contribution in [2.45, 2.75) is 13.5 Å². The molecule has 0 unspecified atom stereocenters. The standard InChI is InChI=1S/C23H19NO2/c1-17-22(15-25)21-9-5-6-10-23(21)24(17)19-11-13-20(14-12-19)26-16-18-7-3-2-4-8-18/h2-15H,16H2,1H3. The molecule has 0 radical (unpaired) electrons. The summed E-state index contributed by atoms with van der Waals surface area (Å²) in [7, 11) is 0. The molecule has 3 aromatic carbocycles. The molecule has 0 spiro atoms. The predicted molar refractivity (Wildman–Crippen MR) is 104 cm³/mol. The number of hydrogen-bond donors (Lipinski definition) is 0. The second kappa shape index (κ2) is 6.89. The molecule has 0 aliphatic heterocycles. The van der Waals surface area contributed by atoms with Crippen LogP contribution in [0.3, 0.4) is 0 Å². The van der Waals surface area contributed by atoms with Gasteiger partial charge in [-0.05, 0) is 42.8 Å². The second-order valence-corrected chi connectivity index (χ2v) is 6.24. The van der Waals surface area contributed by atoms with Crippen LogP contribution in [0.1, 0.15) is 21.6 Å². The van der Waals surface area contributed by atoms with Crippen LogP contribution in [0.4, 0.5) is 0 Å². The fourth-order valence-corrected chi connectivity index (χ4v) is 3.31. The molecule has 0 saturated heterocycles. The summed E-state index contributed by atoms with van der Waals surface area (Å²) in [6, 6.07) is 26.0. The zero-order valence-corrected chi connectivity index (χ0v) is 14.6. The Bertz CT molecular complexity index is 1050. The minimum atomic E-state index is 0.543. The number of para-hydroxylation sites is 1. The van der Waals surface area contributed by atoms with E-state index < -0.39 is 0 Å². The van der Waals surface area contributed by atoms with Crippen molar-refractivity contribution in [3.8, 4) is 11.4 Å². The Morgan fingerprint density at radius 1 is 0.885 bits per heavy atom. The van der Waals surface area contributed by atoms with Crippen molar-refractivity contribution in [2.75, 3.05) is 0 Å². The van der Waals surface area contributed by atoms with Gasteiger partial charge in [-0.15, -0.1) is 0 Å². The lowest BCUT2D eigenvalue weighted by molar-refractivity contribution is 0.112. The molecule has 1 heterocycles. The molecule has 0 atom stereocenters. The number of ether oxygens (including phenoxy) is 1. The van der Waals surface area contributed by atoms with Gasteiger partial charge in [-0.3, -0.25) is 4.79 Å². The second-order valence-electron chi connectivity index (χ2n) is 6.24. The normalized spacial score (nSPS) is 10.8. The number of nitrogens with zero attached hydrogens (tertiary/aromatic N) is 1. The molecule has 0 fully saturated rings. The van der Waals surface area contributed by atoms with E-state index in [1.54, 1.807) is 0 Å². The van der Waals surface area contributed by atoms with Gasteiger partial charge in [-0.1, -0.05) is 48.5 Å². The molecule has 3 heteroatoms. The Kier molecular flexibility index (Phi) is 4.28. The van der Waals surface area contributed by atoms with Gasteiger partial charge < -0.3 is 9.30 Å². The van der Waals surface area contributed by atoms with Crippen LogP contribution in [0.5, 0.6) is 5.75 Å². The zero-order chi connectivity index (χ0) is 17.9. The van der Waals surface area contributed by atoms with Crippen LogP contribution in [-0.4, -0.2) is 10.9 Å². The third kappa shape index (κ3) is 2.88. The topological polar surface area (TPSA) is 31.2 Å². The highest BCUT2D eigenvalue weighted by Crippen LogP contribution is 2.28. The first kappa shape index (κ1) is 16.2. The monoisotopic (exact) mass is 341 g/mol. The van der Waals surface area contributed by atoms with E-state index in [4.69, 9.17) is 4.74 Å². The van der Waals surface area contributed by atoms with E-state index in [0.29, 0.717) is 6.61 Å². The molecule has 3 nitrogen and oxygen atoms in total. The first-order valence-corrected chi connectivity index (χ1v) is 8.60. The van der Waals surface area contributed by atoms with Crippen LogP contribution in [0, 0.1) is 6.92 Å². The number of rotatable bonds is 5. The molecule has 0 aliphatic rings. The average molecular weight is 341 g/mol. The van der Waals surface area contributed by atoms with Gasteiger partial charge in [0, 0.05) is 22.3 Å². The van der Waals surface area contributed by atoms with Crippen molar-refractivity contribution in [3.05, 3.63) is 95.7 Å². The highest BCUT2D eigenvalue weighted by atomic mass is 16.5. The van der Waals surface area contributed by atoms with Gasteiger partial charge in [0.2, 0.25) is 0 Å². The van der Waals surface area contributed by atoms with Crippen LogP contribution in [0.2, 0.25) is 0 Å². The predicted octanol–water partition coefficient (Wildman–Crippen LogP) is 5.33. The molecule has 0 amide bonds. The fraction of sp³-hybridized carbons (Fsp3) is 0.0870. The van der Waals surface area contributed by atoms with E-state index in [1.807, 2.05) is 85.8 Å². The summed E-state index contributed by atoms with van der Waals surface area (Å²) in [6.45, 7) is 2.52. The Hall–Kier alpha value is -3.33. The summed E-state index contributed by atoms with van der Waals surface area (Å²) >= 11 is 0. The van der Waals surface area contributed by atoms with Gasteiger partial charge in [0.15, 0.2) is 6.29 Å². The lowest BCUT2D eigenvalue weighted by Crippen LogP contribution is -1.98. The molecule has 0 N–H and O–H groups in total.